The summed E-state index contributed by atoms with van der Waals surface area (Å²) in [6.45, 7) is 15.8. The molecule has 360 valence electrons. The highest BCUT2D eigenvalue weighted by atomic mass is 19.1. The number of hydrogen-bond donors (Lipinski definition) is 4. The van der Waals surface area contributed by atoms with Gasteiger partial charge in [0.2, 0.25) is 29.2 Å². The molecule has 0 aliphatic carbocycles. The number of halogens is 2. The molecule has 0 saturated carbocycles. The lowest BCUT2D eigenvalue weighted by Gasteiger charge is -2.12. The number of Topliss-reactive ketones (excluding diaryl/α,β-unsaturated/α-hetero) is 1. The number of aromatic carboxylic acids is 1. The number of rotatable bonds is 12. The third-order valence-corrected chi connectivity index (χ3v) is 10.3. The summed E-state index contributed by atoms with van der Waals surface area (Å²) in [5, 5.41) is 30.3. The fourth-order valence-electron chi connectivity index (χ4n) is 6.34. The molecule has 0 fully saturated rings. The molecule has 0 spiro atoms. The van der Waals surface area contributed by atoms with Crippen molar-refractivity contribution in [1.82, 2.24) is 59.8 Å². The van der Waals surface area contributed by atoms with E-state index in [0.29, 0.717) is 29.3 Å². The number of carboxylic acids is 1. The first kappa shape index (κ1) is 50.3. The van der Waals surface area contributed by atoms with Crippen LogP contribution in [0.1, 0.15) is 103 Å². The molecule has 0 atom stereocenters. The normalized spacial score (nSPS) is 11.3. The first-order valence-electron chi connectivity index (χ1n) is 21.5. The average molecular weight is 946 g/mol. The van der Waals surface area contributed by atoms with E-state index in [4.69, 9.17) is 15.4 Å². The zero-order valence-corrected chi connectivity index (χ0v) is 39.8. The zero-order chi connectivity index (χ0) is 50.2. The number of aromatic nitrogens is 12. The van der Waals surface area contributed by atoms with Crippen LogP contribution in [0.5, 0.6) is 0 Å². The maximum absolute atomic E-state index is 15.0. The Morgan fingerprint density at radius 1 is 0.681 bits per heavy atom. The van der Waals surface area contributed by atoms with Crippen LogP contribution in [-0.4, -0.2) is 76.6 Å². The van der Waals surface area contributed by atoms with Gasteiger partial charge in [0, 0.05) is 62.4 Å². The Kier molecular flexibility index (Phi) is 15.5. The number of hydrogen-bond acceptors (Lipinski definition) is 17. The van der Waals surface area contributed by atoms with Crippen molar-refractivity contribution < 1.29 is 32.5 Å². The van der Waals surface area contributed by atoms with Gasteiger partial charge in [-0.1, -0.05) is 51.9 Å². The lowest BCUT2D eigenvalue weighted by Crippen LogP contribution is -2.11. The van der Waals surface area contributed by atoms with Crippen LogP contribution in [0.15, 0.2) is 82.9 Å². The molecule has 0 amide bonds. The van der Waals surface area contributed by atoms with Crippen molar-refractivity contribution in [1.29, 1.82) is 0 Å². The molecule has 69 heavy (non-hydrogen) atoms. The van der Waals surface area contributed by atoms with E-state index in [9.17, 15) is 14.0 Å². The van der Waals surface area contributed by atoms with Crippen LogP contribution in [0.3, 0.4) is 0 Å². The van der Waals surface area contributed by atoms with Crippen LogP contribution >= 0.6 is 0 Å². The summed E-state index contributed by atoms with van der Waals surface area (Å²) in [7, 11) is 3.60. The zero-order valence-electron chi connectivity index (χ0n) is 39.8. The van der Waals surface area contributed by atoms with E-state index in [1.54, 1.807) is 66.4 Å². The number of benzene rings is 2. The first-order chi connectivity index (χ1) is 32.6. The van der Waals surface area contributed by atoms with Gasteiger partial charge in [-0.05, 0) is 66.8 Å². The maximum atomic E-state index is 15.0. The molecule has 2 aromatic carbocycles. The SMILES string of the molecule is CC(C)(C)c1cc(C(=O)O)on1.Cc1cc(-c2ncnc(Nc3cnn(C)c3)n2)c(F)cc1CCC(=O)c1cc(C(C)(C)C)no1.Cc1cc(-c2ncnc(Nc3cnn(C)c3)n2)c(F)cc1CN. The topological polar surface area (TPSA) is 269 Å². The van der Waals surface area contributed by atoms with Crippen molar-refractivity contribution in [2.45, 2.75) is 85.6 Å². The Bertz CT molecular complexity index is 3070. The number of nitrogens with zero attached hydrogens (tertiary/aromatic N) is 12. The maximum Gasteiger partial charge on any atom is 0.374 e. The molecule has 5 N–H and O–H groups in total. The second kappa shape index (κ2) is 21.2. The van der Waals surface area contributed by atoms with Gasteiger partial charge in [-0.3, -0.25) is 14.2 Å². The Balaban J connectivity index is 0.000000191. The van der Waals surface area contributed by atoms with Crippen molar-refractivity contribution in [3.8, 4) is 22.8 Å². The minimum absolute atomic E-state index is 0.111. The largest absolute Gasteiger partial charge is 0.475 e. The minimum Gasteiger partial charge on any atom is -0.475 e. The second-order valence-corrected chi connectivity index (χ2v) is 17.9. The summed E-state index contributed by atoms with van der Waals surface area (Å²) in [6.07, 6.45) is 10.1. The number of anilines is 4. The quantitative estimate of drug-likeness (QED) is 0.0841. The van der Waals surface area contributed by atoms with E-state index < -0.39 is 17.6 Å². The molecule has 8 rings (SSSR count). The lowest BCUT2D eigenvalue weighted by molar-refractivity contribution is 0.0651. The van der Waals surface area contributed by atoms with Gasteiger partial charge >= 0.3 is 5.97 Å². The number of ketones is 1. The van der Waals surface area contributed by atoms with Gasteiger partial charge < -0.3 is 30.5 Å². The Morgan fingerprint density at radius 2 is 1.13 bits per heavy atom. The van der Waals surface area contributed by atoms with E-state index >= 15 is 4.39 Å². The molecule has 0 saturated heterocycles. The smallest absolute Gasteiger partial charge is 0.374 e. The van der Waals surface area contributed by atoms with Crippen LogP contribution in [0.25, 0.3) is 22.8 Å². The number of carbonyl (C=O) groups is 2. The monoisotopic (exact) mass is 945 g/mol. The van der Waals surface area contributed by atoms with Gasteiger partial charge in [-0.25, -0.2) is 33.5 Å². The molecule has 20 nitrogen and oxygen atoms in total. The van der Waals surface area contributed by atoms with E-state index in [0.717, 1.165) is 33.6 Å². The van der Waals surface area contributed by atoms with E-state index in [2.05, 4.69) is 65.6 Å². The third kappa shape index (κ3) is 13.3. The molecular formula is C47H53F2N15O5. The number of nitrogens with two attached hydrogens (primary N) is 1. The van der Waals surface area contributed by atoms with Crippen LogP contribution in [0.2, 0.25) is 0 Å². The van der Waals surface area contributed by atoms with Gasteiger partial charge in [0.1, 0.15) is 24.3 Å². The highest BCUT2D eigenvalue weighted by molar-refractivity contribution is 5.93. The molecule has 0 radical (unpaired) electrons. The fraction of sp³-hybridized carbons (Fsp3) is 0.319. The summed E-state index contributed by atoms with van der Waals surface area (Å²) >= 11 is 0. The highest BCUT2D eigenvalue weighted by Gasteiger charge is 2.23. The second-order valence-electron chi connectivity index (χ2n) is 17.9. The Morgan fingerprint density at radius 3 is 1.54 bits per heavy atom. The van der Waals surface area contributed by atoms with Crippen molar-refractivity contribution in [2.24, 2.45) is 19.8 Å². The van der Waals surface area contributed by atoms with E-state index in [1.165, 1.54) is 30.9 Å². The molecule has 6 aromatic heterocycles. The molecule has 0 unspecified atom stereocenters. The molecule has 8 aromatic rings. The standard InChI is InChI=1S/C24H26FN7O2.C15H16FN7.C8H11NO3/c1-14-8-17(22-26-13-27-23(30-22)29-16-11-28-32(5)12-16)18(25)9-15(14)6-7-19(33)20-10-21(31-34-20)24(2,3)4;1-9-3-12(13(16)4-10(9)5-17)14-18-8-19-15(22-14)21-11-6-20-23(2)7-11;1-8(2,3)6-4-5(7(10)11)12-9-6/h8-13H,6-7H2,1-5H3,(H,26,27,29,30);3-4,6-8H,5,17H2,1-2H3,(H,18,19,21,22);4H,1-3H3,(H,10,11). The number of nitrogens with one attached hydrogen (secondary N) is 2. The van der Waals surface area contributed by atoms with Gasteiger partial charge in [0.15, 0.2) is 11.6 Å². The average Bonchev–Trinajstić information content (AvgIpc) is 4.14. The summed E-state index contributed by atoms with van der Waals surface area (Å²) in [6, 6.07) is 9.35. The minimum atomic E-state index is -1.09. The van der Waals surface area contributed by atoms with Crippen LogP contribution < -0.4 is 16.4 Å². The van der Waals surface area contributed by atoms with Gasteiger partial charge in [0.25, 0.3) is 0 Å². The first-order valence-corrected chi connectivity index (χ1v) is 21.5. The van der Waals surface area contributed by atoms with Crippen molar-refractivity contribution in [3.63, 3.8) is 0 Å². The van der Waals surface area contributed by atoms with Gasteiger partial charge in [-0.2, -0.15) is 20.2 Å². The summed E-state index contributed by atoms with van der Waals surface area (Å²) in [5.41, 5.74) is 11.8. The molecule has 0 aliphatic heterocycles. The lowest BCUT2D eigenvalue weighted by atomic mass is 9.92. The Hall–Kier alpha value is -8.14. The van der Waals surface area contributed by atoms with Crippen molar-refractivity contribution in [3.05, 3.63) is 131 Å². The highest BCUT2D eigenvalue weighted by Crippen LogP contribution is 2.28. The molecule has 6 heterocycles. The Labute approximate surface area is 395 Å². The number of aryl methyl sites for hydroxylation is 5. The number of carboxylic acid groups (broad SMARTS) is 1. The van der Waals surface area contributed by atoms with Crippen LogP contribution in [0.4, 0.5) is 32.1 Å². The summed E-state index contributed by atoms with van der Waals surface area (Å²) < 4.78 is 42.4. The number of carbonyl (C=O) groups excluding carboxylic acids is 1. The van der Waals surface area contributed by atoms with Crippen molar-refractivity contribution >= 4 is 35.0 Å². The van der Waals surface area contributed by atoms with Crippen LogP contribution in [-0.2, 0) is 37.9 Å². The third-order valence-electron chi connectivity index (χ3n) is 10.3. The fourth-order valence-corrected chi connectivity index (χ4v) is 6.34. The predicted molar refractivity (Wildman–Crippen MR) is 251 cm³/mol. The molecule has 0 aliphatic rings. The molecule has 0 bridgehead atoms. The summed E-state index contributed by atoms with van der Waals surface area (Å²) in [4.78, 5) is 47.9. The molecule has 22 heteroatoms. The van der Waals surface area contributed by atoms with Crippen LogP contribution in [0, 0.1) is 25.5 Å². The molecular weight excluding hydrogens is 893 g/mol. The summed E-state index contributed by atoms with van der Waals surface area (Å²) in [5.74, 6) is -0.950. The van der Waals surface area contributed by atoms with Crippen molar-refractivity contribution in [2.75, 3.05) is 10.6 Å². The van der Waals surface area contributed by atoms with E-state index in [-0.39, 0.29) is 64.3 Å². The van der Waals surface area contributed by atoms with Gasteiger partial charge in [-0.15, -0.1) is 0 Å². The van der Waals surface area contributed by atoms with Gasteiger partial charge in [0.05, 0.1) is 46.3 Å². The predicted octanol–water partition coefficient (Wildman–Crippen LogP) is 8.16. The van der Waals surface area contributed by atoms with E-state index in [1.807, 2.05) is 55.4 Å².